The summed E-state index contributed by atoms with van der Waals surface area (Å²) in [6.45, 7) is 4.52. The highest BCUT2D eigenvalue weighted by Gasteiger charge is 2.12. The van der Waals surface area contributed by atoms with E-state index in [1.165, 1.54) is 12.8 Å². The highest BCUT2D eigenvalue weighted by Crippen LogP contribution is 2.23. The van der Waals surface area contributed by atoms with Gasteiger partial charge in [0, 0.05) is 4.57 Å². The van der Waals surface area contributed by atoms with Crippen LogP contribution in [0.25, 0.3) is 10.8 Å². The molecule has 2 aromatic rings. The molecule has 1 atom stereocenters. The van der Waals surface area contributed by atoms with Gasteiger partial charge in [-0.05, 0) is 16.3 Å². The smallest absolute Gasteiger partial charge is 0.133 e. The Hall–Kier alpha value is -1.28. The number of hydrogen-bond acceptors (Lipinski definition) is 2. The number of benzene rings is 2. The second-order valence-corrected chi connectivity index (χ2v) is 4.88. The van der Waals surface area contributed by atoms with Gasteiger partial charge in [-0.3, -0.25) is 0 Å². The fourth-order valence-corrected chi connectivity index (χ4v) is 1.79. The number of fused-ring (bicyclic) bond motifs is 1. The molecule has 2 rings (SSSR count). The van der Waals surface area contributed by atoms with E-state index in [9.17, 15) is 4.57 Å². The molecular weight excluding hydrogens is 259 g/mol. The summed E-state index contributed by atoms with van der Waals surface area (Å²) in [6, 6.07) is 13.7. The Labute approximate surface area is 115 Å². The van der Waals surface area contributed by atoms with E-state index in [4.69, 9.17) is 9.42 Å². The van der Waals surface area contributed by atoms with Crippen molar-refractivity contribution in [2.24, 2.45) is 0 Å². The van der Waals surface area contributed by atoms with E-state index in [0.29, 0.717) is 0 Å². The van der Waals surface area contributed by atoms with Crippen LogP contribution >= 0.6 is 8.25 Å². The Kier molecular flexibility index (Phi) is 7.27. The van der Waals surface area contributed by atoms with Crippen LogP contribution in [0.5, 0.6) is 0 Å². The van der Waals surface area contributed by atoms with Gasteiger partial charge in [-0.15, -0.1) is 9.42 Å². The van der Waals surface area contributed by atoms with Crippen molar-refractivity contribution < 1.29 is 14.0 Å². The van der Waals surface area contributed by atoms with Crippen molar-refractivity contribution in [1.82, 2.24) is 0 Å². The summed E-state index contributed by atoms with van der Waals surface area (Å²) >= 11 is 0. The van der Waals surface area contributed by atoms with Crippen LogP contribution in [-0.4, -0.2) is 4.89 Å². The molecule has 0 fully saturated rings. The third-order valence-electron chi connectivity index (χ3n) is 2.71. The van der Waals surface area contributed by atoms with Crippen molar-refractivity contribution in [3.63, 3.8) is 0 Å². The Bertz CT molecular complexity index is 518. The van der Waals surface area contributed by atoms with Crippen molar-refractivity contribution in [2.45, 2.75) is 33.3 Å². The molecule has 2 aromatic carbocycles. The molecule has 0 aliphatic rings. The summed E-state index contributed by atoms with van der Waals surface area (Å²) < 4.78 is 15.1. The lowest BCUT2D eigenvalue weighted by Crippen LogP contribution is -1.87. The summed E-state index contributed by atoms with van der Waals surface area (Å²) in [5, 5.41) is 2.16. The van der Waals surface area contributed by atoms with Gasteiger partial charge in [-0.1, -0.05) is 69.2 Å². The summed E-state index contributed by atoms with van der Waals surface area (Å²) in [7, 11) is -2.53. The van der Waals surface area contributed by atoms with Crippen molar-refractivity contribution >= 4 is 19.0 Å². The van der Waals surface area contributed by atoms with Crippen molar-refractivity contribution in [3.05, 3.63) is 48.0 Å². The van der Waals surface area contributed by atoms with Crippen LogP contribution in [0.15, 0.2) is 42.5 Å². The van der Waals surface area contributed by atoms with Crippen molar-refractivity contribution in [2.75, 3.05) is 0 Å². The first-order chi connectivity index (χ1) is 9.19. The second-order valence-electron chi connectivity index (χ2n) is 4.15. The molecule has 1 N–H and O–H groups in total. The second kappa shape index (κ2) is 8.76. The predicted octanol–water partition coefficient (Wildman–Crippen LogP) is 4.81. The van der Waals surface area contributed by atoms with Gasteiger partial charge in [-0.2, -0.15) is 0 Å². The third-order valence-corrected chi connectivity index (χ3v) is 3.06. The molecule has 1 unspecified atom stereocenters. The summed E-state index contributed by atoms with van der Waals surface area (Å²) in [5.74, 6) is 0. The van der Waals surface area contributed by atoms with E-state index < -0.39 is 8.25 Å². The zero-order chi connectivity index (χ0) is 14.1. The summed E-state index contributed by atoms with van der Waals surface area (Å²) in [5.41, 5.74) is 0.922. The lowest BCUT2D eigenvalue weighted by atomic mass is 10.1. The molecule has 0 bridgehead atoms. The molecule has 0 amide bonds. The Morgan fingerprint density at radius 2 is 1.68 bits per heavy atom. The first-order valence-corrected chi connectivity index (χ1v) is 7.57. The lowest BCUT2D eigenvalue weighted by Gasteiger charge is -2.01. The minimum absolute atomic E-state index is 0.160. The molecule has 0 spiro atoms. The van der Waals surface area contributed by atoms with Crippen LogP contribution in [0.4, 0.5) is 0 Å². The maximum atomic E-state index is 10.4. The lowest BCUT2D eigenvalue weighted by molar-refractivity contribution is 0.273. The highest BCUT2D eigenvalue weighted by molar-refractivity contribution is 7.32. The Morgan fingerprint density at radius 3 is 2.32 bits per heavy atom. The SMILES string of the molecule is CCCC.O=[P+](O)OCc1cccc2ccccc12. The fourth-order valence-electron chi connectivity index (χ4n) is 1.54. The fraction of sp³-hybridized carbons (Fsp3) is 0.333. The third kappa shape index (κ3) is 5.48. The average molecular weight is 279 g/mol. The Morgan fingerprint density at radius 1 is 1.05 bits per heavy atom. The largest absolute Gasteiger partial charge is 0.695 e. The van der Waals surface area contributed by atoms with Gasteiger partial charge in [0.2, 0.25) is 0 Å². The quantitative estimate of drug-likeness (QED) is 0.817. The van der Waals surface area contributed by atoms with Crippen LogP contribution in [0, 0.1) is 0 Å². The monoisotopic (exact) mass is 279 g/mol. The molecule has 102 valence electrons. The van der Waals surface area contributed by atoms with E-state index in [2.05, 4.69) is 13.8 Å². The molecule has 0 heterocycles. The first kappa shape index (κ1) is 15.8. The van der Waals surface area contributed by atoms with Gasteiger partial charge in [0.15, 0.2) is 0 Å². The van der Waals surface area contributed by atoms with E-state index in [1.807, 2.05) is 42.5 Å². The highest BCUT2D eigenvalue weighted by atomic mass is 31.1. The number of unbranched alkanes of at least 4 members (excludes halogenated alkanes) is 1. The molecule has 0 aromatic heterocycles. The summed E-state index contributed by atoms with van der Waals surface area (Å²) in [4.78, 5) is 8.57. The summed E-state index contributed by atoms with van der Waals surface area (Å²) in [6.07, 6.45) is 2.64. The van der Waals surface area contributed by atoms with Crippen LogP contribution < -0.4 is 0 Å². The minimum atomic E-state index is -2.53. The van der Waals surface area contributed by atoms with Gasteiger partial charge in [0.1, 0.15) is 6.61 Å². The molecule has 0 aliphatic carbocycles. The maximum Gasteiger partial charge on any atom is 0.695 e. The van der Waals surface area contributed by atoms with Gasteiger partial charge in [-0.25, -0.2) is 0 Å². The topological polar surface area (TPSA) is 46.5 Å². The molecular formula is C15H20O3P+. The molecule has 19 heavy (non-hydrogen) atoms. The molecule has 0 saturated carbocycles. The first-order valence-electron chi connectivity index (χ1n) is 6.44. The standard InChI is InChI=1S/C11H9O3P.C4H10/c12-15(13)14-8-10-6-3-5-9-4-1-2-7-11(9)10;1-3-4-2/h1-7H,8H2;3-4H2,1-2H3/p+1. The zero-order valence-corrected chi connectivity index (χ0v) is 12.3. The molecule has 3 nitrogen and oxygen atoms in total. The van der Waals surface area contributed by atoms with Gasteiger partial charge in [0.05, 0.1) is 0 Å². The normalized spacial score (nSPS) is 10.8. The van der Waals surface area contributed by atoms with Crippen LogP contribution in [0.2, 0.25) is 0 Å². The molecule has 0 radical (unpaired) electrons. The maximum absolute atomic E-state index is 10.4. The van der Waals surface area contributed by atoms with Crippen molar-refractivity contribution in [3.8, 4) is 0 Å². The van der Waals surface area contributed by atoms with Crippen molar-refractivity contribution in [1.29, 1.82) is 0 Å². The van der Waals surface area contributed by atoms with E-state index in [1.54, 1.807) is 0 Å². The molecule has 0 aliphatic heterocycles. The van der Waals surface area contributed by atoms with Gasteiger partial charge < -0.3 is 0 Å². The van der Waals surface area contributed by atoms with E-state index in [-0.39, 0.29) is 6.61 Å². The van der Waals surface area contributed by atoms with E-state index >= 15 is 0 Å². The minimum Gasteiger partial charge on any atom is -0.133 e. The van der Waals surface area contributed by atoms with Gasteiger partial charge in [0.25, 0.3) is 0 Å². The van der Waals surface area contributed by atoms with Crippen LogP contribution in [0.3, 0.4) is 0 Å². The Balaban J connectivity index is 0.000000399. The van der Waals surface area contributed by atoms with Crippen LogP contribution in [-0.2, 0) is 15.7 Å². The average Bonchev–Trinajstić information content (AvgIpc) is 2.45. The molecule has 0 saturated heterocycles. The van der Waals surface area contributed by atoms with Crippen LogP contribution in [0.1, 0.15) is 32.3 Å². The van der Waals surface area contributed by atoms with E-state index in [0.717, 1.165) is 16.3 Å². The van der Waals surface area contributed by atoms with Gasteiger partial charge >= 0.3 is 8.25 Å². The number of rotatable bonds is 4. The predicted molar refractivity (Wildman–Crippen MR) is 79.1 cm³/mol. The zero-order valence-electron chi connectivity index (χ0n) is 11.4. The molecule has 4 heteroatoms. The number of hydrogen-bond donors (Lipinski definition) is 1.